The molecule has 82 valence electrons. The standard InChI is InChI=1S/C8H8F3N3O/c1-14-4-2-3-12-7(15)5(4)6(13-14)8(9,10)11/h2-3H2,1H3,(H,12,15). The Morgan fingerprint density at radius 3 is 2.73 bits per heavy atom. The highest BCUT2D eigenvalue weighted by Crippen LogP contribution is 2.33. The van der Waals surface area contributed by atoms with Crippen molar-refractivity contribution in [1.82, 2.24) is 15.1 Å². The molecule has 0 atom stereocenters. The van der Waals surface area contributed by atoms with Gasteiger partial charge in [-0.15, -0.1) is 0 Å². The highest BCUT2D eigenvalue weighted by atomic mass is 19.4. The Morgan fingerprint density at radius 2 is 2.13 bits per heavy atom. The van der Waals surface area contributed by atoms with Gasteiger partial charge < -0.3 is 5.32 Å². The lowest BCUT2D eigenvalue weighted by Crippen LogP contribution is -2.33. The third-order valence-electron chi connectivity index (χ3n) is 2.31. The number of halogens is 3. The first-order valence-electron chi connectivity index (χ1n) is 4.32. The fourth-order valence-corrected chi connectivity index (χ4v) is 1.67. The van der Waals surface area contributed by atoms with Crippen LogP contribution in [0, 0.1) is 0 Å². The van der Waals surface area contributed by atoms with Crippen LogP contribution in [0.2, 0.25) is 0 Å². The van der Waals surface area contributed by atoms with Gasteiger partial charge in [-0.25, -0.2) is 0 Å². The van der Waals surface area contributed by atoms with Gasteiger partial charge in [0, 0.05) is 20.0 Å². The average Bonchev–Trinajstić information content (AvgIpc) is 2.45. The van der Waals surface area contributed by atoms with Gasteiger partial charge in [0.25, 0.3) is 5.91 Å². The first-order chi connectivity index (χ1) is 6.91. The third kappa shape index (κ3) is 1.47. The van der Waals surface area contributed by atoms with E-state index in [1.807, 2.05) is 0 Å². The van der Waals surface area contributed by atoms with E-state index < -0.39 is 17.8 Å². The molecule has 0 bridgehead atoms. The van der Waals surface area contributed by atoms with Gasteiger partial charge in [-0.3, -0.25) is 9.48 Å². The second-order valence-corrected chi connectivity index (χ2v) is 3.30. The fraction of sp³-hybridized carbons (Fsp3) is 0.500. The highest BCUT2D eigenvalue weighted by Gasteiger charge is 2.41. The van der Waals surface area contributed by atoms with E-state index in [4.69, 9.17) is 0 Å². The van der Waals surface area contributed by atoms with Gasteiger partial charge in [-0.05, 0) is 0 Å². The number of nitrogens with one attached hydrogen (secondary N) is 1. The van der Waals surface area contributed by atoms with Crippen molar-refractivity contribution in [2.24, 2.45) is 7.05 Å². The lowest BCUT2D eigenvalue weighted by molar-refractivity contribution is -0.141. The number of aromatic nitrogens is 2. The van der Waals surface area contributed by atoms with Gasteiger partial charge in [-0.1, -0.05) is 0 Å². The van der Waals surface area contributed by atoms with E-state index in [1.165, 1.54) is 7.05 Å². The number of carbonyl (C=O) groups is 1. The molecule has 0 radical (unpaired) electrons. The van der Waals surface area contributed by atoms with Crippen molar-refractivity contribution in [2.45, 2.75) is 12.6 Å². The van der Waals surface area contributed by atoms with Crippen LogP contribution in [0.3, 0.4) is 0 Å². The number of aryl methyl sites for hydroxylation is 1. The highest BCUT2D eigenvalue weighted by molar-refractivity contribution is 5.97. The second kappa shape index (κ2) is 2.98. The second-order valence-electron chi connectivity index (χ2n) is 3.30. The summed E-state index contributed by atoms with van der Waals surface area (Å²) in [4.78, 5) is 11.3. The summed E-state index contributed by atoms with van der Waals surface area (Å²) >= 11 is 0. The monoisotopic (exact) mass is 219 g/mol. The first kappa shape index (κ1) is 10.0. The van der Waals surface area contributed by atoms with E-state index in [0.29, 0.717) is 18.7 Å². The summed E-state index contributed by atoms with van der Waals surface area (Å²) in [5.41, 5.74) is -1.10. The Bertz CT molecular complexity index is 422. The molecule has 7 heteroatoms. The van der Waals surface area contributed by atoms with Gasteiger partial charge in [0.1, 0.15) is 0 Å². The topological polar surface area (TPSA) is 46.9 Å². The van der Waals surface area contributed by atoms with E-state index in [2.05, 4.69) is 10.4 Å². The molecule has 0 spiro atoms. The minimum atomic E-state index is -4.58. The molecule has 0 saturated heterocycles. The lowest BCUT2D eigenvalue weighted by atomic mass is 10.1. The van der Waals surface area contributed by atoms with Crippen LogP contribution in [0.1, 0.15) is 21.7 Å². The van der Waals surface area contributed by atoms with Crippen LogP contribution in [0.5, 0.6) is 0 Å². The molecular weight excluding hydrogens is 211 g/mol. The number of rotatable bonds is 0. The lowest BCUT2D eigenvalue weighted by Gasteiger charge is -2.14. The Labute approximate surface area is 83.1 Å². The number of nitrogens with zero attached hydrogens (tertiary/aromatic N) is 2. The van der Waals surface area contributed by atoms with Gasteiger partial charge in [0.05, 0.1) is 11.3 Å². The fourth-order valence-electron chi connectivity index (χ4n) is 1.67. The Balaban J connectivity index is 2.63. The summed E-state index contributed by atoms with van der Waals surface area (Å²) in [5, 5.41) is 5.72. The maximum atomic E-state index is 12.5. The Morgan fingerprint density at radius 1 is 1.47 bits per heavy atom. The Kier molecular flexibility index (Phi) is 1.99. The van der Waals surface area contributed by atoms with Gasteiger partial charge in [0.2, 0.25) is 0 Å². The molecule has 2 heterocycles. The van der Waals surface area contributed by atoms with Crippen LogP contribution in [-0.2, 0) is 19.6 Å². The minimum absolute atomic E-state index is 0.337. The molecule has 4 nitrogen and oxygen atoms in total. The normalized spacial score (nSPS) is 16.1. The summed E-state index contributed by atoms with van der Waals surface area (Å²) in [5.74, 6) is -0.698. The number of carbonyl (C=O) groups excluding carboxylic acids is 1. The Hall–Kier alpha value is -1.53. The molecule has 0 fully saturated rings. The molecule has 2 rings (SSSR count). The number of hydrogen-bond acceptors (Lipinski definition) is 2. The molecule has 1 N–H and O–H groups in total. The van der Waals surface area contributed by atoms with Gasteiger partial charge >= 0.3 is 6.18 Å². The predicted octanol–water partition coefficient (Wildman–Crippen LogP) is 0.725. The molecule has 15 heavy (non-hydrogen) atoms. The van der Waals surface area contributed by atoms with Crippen LogP contribution < -0.4 is 5.32 Å². The molecule has 1 amide bonds. The summed E-state index contributed by atoms with van der Waals surface area (Å²) < 4.78 is 38.6. The smallest absolute Gasteiger partial charge is 0.352 e. The zero-order valence-corrected chi connectivity index (χ0v) is 7.85. The minimum Gasteiger partial charge on any atom is -0.352 e. The van der Waals surface area contributed by atoms with E-state index in [-0.39, 0.29) is 5.56 Å². The van der Waals surface area contributed by atoms with Crippen molar-refractivity contribution in [2.75, 3.05) is 6.54 Å². The van der Waals surface area contributed by atoms with E-state index in [9.17, 15) is 18.0 Å². The van der Waals surface area contributed by atoms with Crippen LogP contribution >= 0.6 is 0 Å². The van der Waals surface area contributed by atoms with Crippen molar-refractivity contribution < 1.29 is 18.0 Å². The zero-order valence-electron chi connectivity index (χ0n) is 7.85. The van der Waals surface area contributed by atoms with E-state index >= 15 is 0 Å². The quantitative estimate of drug-likeness (QED) is 0.699. The van der Waals surface area contributed by atoms with E-state index in [1.54, 1.807) is 0 Å². The molecule has 1 aromatic heterocycles. The van der Waals surface area contributed by atoms with Crippen molar-refractivity contribution in [3.05, 3.63) is 17.0 Å². The molecule has 0 aliphatic carbocycles. The van der Waals surface area contributed by atoms with Crippen molar-refractivity contribution in [3.63, 3.8) is 0 Å². The average molecular weight is 219 g/mol. The van der Waals surface area contributed by atoms with Crippen LogP contribution in [0.4, 0.5) is 13.2 Å². The summed E-state index contributed by atoms with van der Waals surface area (Å²) in [6, 6.07) is 0. The largest absolute Gasteiger partial charge is 0.435 e. The SMILES string of the molecule is Cn1nc(C(F)(F)F)c2c1CCNC2=O. The van der Waals surface area contributed by atoms with Crippen LogP contribution in [0.15, 0.2) is 0 Å². The van der Waals surface area contributed by atoms with Crippen LogP contribution in [-0.4, -0.2) is 22.2 Å². The molecular formula is C8H8F3N3O. The molecule has 1 aliphatic heterocycles. The first-order valence-corrected chi connectivity index (χ1v) is 4.32. The van der Waals surface area contributed by atoms with Gasteiger partial charge in [0.15, 0.2) is 5.69 Å². The third-order valence-corrected chi connectivity index (χ3v) is 2.31. The molecule has 1 aromatic rings. The number of fused-ring (bicyclic) bond motifs is 1. The number of alkyl halides is 3. The summed E-state index contributed by atoms with van der Waals surface area (Å²) in [7, 11) is 1.41. The molecule has 0 saturated carbocycles. The zero-order chi connectivity index (χ0) is 11.2. The molecule has 0 aromatic carbocycles. The van der Waals surface area contributed by atoms with Gasteiger partial charge in [-0.2, -0.15) is 18.3 Å². The number of hydrogen-bond donors (Lipinski definition) is 1. The maximum Gasteiger partial charge on any atom is 0.435 e. The van der Waals surface area contributed by atoms with Crippen molar-refractivity contribution in [3.8, 4) is 0 Å². The van der Waals surface area contributed by atoms with Crippen molar-refractivity contribution >= 4 is 5.91 Å². The molecule has 1 aliphatic rings. The maximum absolute atomic E-state index is 12.5. The van der Waals surface area contributed by atoms with E-state index in [0.717, 1.165) is 4.68 Å². The summed E-state index contributed by atoms with van der Waals surface area (Å²) in [6.07, 6.45) is -4.21. The number of amides is 1. The summed E-state index contributed by atoms with van der Waals surface area (Å²) in [6.45, 7) is 0.350. The van der Waals surface area contributed by atoms with Crippen LogP contribution in [0.25, 0.3) is 0 Å². The predicted molar refractivity (Wildman–Crippen MR) is 44.2 cm³/mol. The van der Waals surface area contributed by atoms with Crippen molar-refractivity contribution in [1.29, 1.82) is 0 Å². The molecule has 0 unspecified atom stereocenters.